The molecule has 0 bridgehead atoms. The molecule has 3 nitrogen and oxygen atoms in total. The Morgan fingerprint density at radius 2 is 2.07 bits per heavy atom. The second-order valence-electron chi connectivity index (χ2n) is 6.25. The summed E-state index contributed by atoms with van der Waals surface area (Å²) in [5.74, 6) is 1.52. The molecule has 2 rings (SSSR count). The van der Waals surface area contributed by atoms with Crippen LogP contribution in [0.1, 0.15) is 26.7 Å². The minimum atomic E-state index is 0.482. The average molecular weight is 385 g/mol. The van der Waals surface area contributed by atoms with Crippen LogP contribution < -0.4 is 4.74 Å². The molecule has 1 unspecified atom stereocenters. The van der Waals surface area contributed by atoms with Gasteiger partial charge in [0, 0.05) is 29.5 Å². The van der Waals surface area contributed by atoms with Crippen LogP contribution in [0.15, 0.2) is 65.6 Å². The third-order valence-corrected chi connectivity index (χ3v) is 5.14. The highest BCUT2D eigenvalue weighted by molar-refractivity contribution is 7.98. The quantitative estimate of drug-likeness (QED) is 0.310. The molecule has 0 N–H and O–H groups in total. The molecule has 146 valence electrons. The molecular weight excluding hydrogens is 352 g/mol. The molecule has 0 aliphatic carbocycles. The van der Waals surface area contributed by atoms with E-state index in [-0.39, 0.29) is 0 Å². The monoisotopic (exact) mass is 384 g/mol. The van der Waals surface area contributed by atoms with Gasteiger partial charge in [-0.05, 0) is 61.6 Å². The van der Waals surface area contributed by atoms with E-state index in [1.165, 1.54) is 11.3 Å². The second kappa shape index (κ2) is 13.2. The van der Waals surface area contributed by atoms with Crippen molar-refractivity contribution in [1.82, 2.24) is 4.90 Å². The summed E-state index contributed by atoms with van der Waals surface area (Å²) in [7, 11) is 0. The first-order valence-corrected chi connectivity index (χ1v) is 10.8. The highest BCUT2D eigenvalue weighted by Crippen LogP contribution is 2.22. The van der Waals surface area contributed by atoms with E-state index in [1.807, 2.05) is 38.1 Å². The molecule has 1 aliphatic rings. The molecule has 1 aromatic carbocycles. The first kappa shape index (κ1) is 23.1. The van der Waals surface area contributed by atoms with Gasteiger partial charge in [-0.2, -0.15) is 5.26 Å². The van der Waals surface area contributed by atoms with E-state index in [2.05, 4.69) is 42.5 Å². The standard InChI is InChI=1S/C21H26N2OS.C2H6/c1-4-18(13-17(2)14-22)9-11-23-12-10-19(15-23)16-24-20-5-7-21(25-3)8-6-20;1-2/h4-8,13,19H,1-2,9-12,15-16H2,3H3;1-2H3/b18-13+;. The zero-order chi connectivity index (χ0) is 20.1. The van der Waals surface area contributed by atoms with Crippen molar-refractivity contribution in [3.05, 3.63) is 60.7 Å². The number of benzene rings is 1. The smallest absolute Gasteiger partial charge is 0.119 e. The second-order valence-corrected chi connectivity index (χ2v) is 7.13. The van der Waals surface area contributed by atoms with Crippen LogP contribution in [0.5, 0.6) is 5.75 Å². The number of thioether (sulfide) groups is 1. The number of rotatable bonds is 9. The molecule has 0 saturated carbocycles. The highest BCUT2D eigenvalue weighted by atomic mass is 32.2. The van der Waals surface area contributed by atoms with Crippen LogP contribution in [0.2, 0.25) is 0 Å². The van der Waals surface area contributed by atoms with Crippen molar-refractivity contribution in [1.29, 1.82) is 5.26 Å². The third kappa shape index (κ3) is 8.51. The van der Waals surface area contributed by atoms with Crippen LogP contribution in [0, 0.1) is 17.2 Å². The SMILES string of the molecule is C=C/C(=C\C(=C)C#N)CCN1CCC(COc2ccc(SC)cc2)C1.CC. The van der Waals surface area contributed by atoms with Gasteiger partial charge in [-0.3, -0.25) is 0 Å². The molecule has 0 radical (unpaired) electrons. The molecule has 1 saturated heterocycles. The molecule has 1 aromatic rings. The molecule has 1 heterocycles. The zero-order valence-corrected chi connectivity index (χ0v) is 17.7. The lowest BCUT2D eigenvalue weighted by Crippen LogP contribution is -2.23. The lowest BCUT2D eigenvalue weighted by molar-refractivity contribution is 0.241. The molecule has 1 fully saturated rings. The summed E-state index contributed by atoms with van der Waals surface area (Å²) < 4.78 is 5.94. The Hall–Kier alpha value is -1.96. The number of allylic oxidation sites excluding steroid dienone is 3. The Balaban J connectivity index is 0.00000176. The van der Waals surface area contributed by atoms with E-state index >= 15 is 0 Å². The van der Waals surface area contributed by atoms with E-state index in [0.717, 1.165) is 44.0 Å². The Labute approximate surface area is 169 Å². The zero-order valence-electron chi connectivity index (χ0n) is 16.9. The Morgan fingerprint density at radius 3 is 2.67 bits per heavy atom. The lowest BCUT2D eigenvalue weighted by atomic mass is 10.1. The third-order valence-electron chi connectivity index (χ3n) is 4.40. The fourth-order valence-corrected chi connectivity index (χ4v) is 3.32. The molecule has 4 heteroatoms. The van der Waals surface area contributed by atoms with Gasteiger partial charge < -0.3 is 9.64 Å². The number of nitriles is 1. The van der Waals surface area contributed by atoms with Crippen LogP contribution >= 0.6 is 11.8 Å². The van der Waals surface area contributed by atoms with Gasteiger partial charge in [0.1, 0.15) is 5.75 Å². The Morgan fingerprint density at radius 1 is 1.37 bits per heavy atom. The van der Waals surface area contributed by atoms with E-state index in [4.69, 9.17) is 10.00 Å². The normalized spacial score (nSPS) is 16.8. The maximum Gasteiger partial charge on any atom is 0.119 e. The predicted octanol–water partition coefficient (Wildman–Crippen LogP) is 5.72. The molecule has 0 amide bonds. The topological polar surface area (TPSA) is 36.3 Å². The molecular formula is C23H32N2OS. The number of hydrogen-bond donors (Lipinski definition) is 0. The summed E-state index contributed by atoms with van der Waals surface area (Å²) in [5, 5.41) is 8.82. The van der Waals surface area contributed by atoms with Gasteiger partial charge in [0.15, 0.2) is 0 Å². The highest BCUT2D eigenvalue weighted by Gasteiger charge is 2.22. The van der Waals surface area contributed by atoms with E-state index < -0.39 is 0 Å². The van der Waals surface area contributed by atoms with Crippen LogP contribution in [0.3, 0.4) is 0 Å². The molecule has 0 aromatic heterocycles. The van der Waals surface area contributed by atoms with Gasteiger partial charge in [-0.25, -0.2) is 0 Å². The summed E-state index contributed by atoms with van der Waals surface area (Å²) in [5.41, 5.74) is 1.55. The van der Waals surface area contributed by atoms with Gasteiger partial charge in [-0.1, -0.05) is 33.1 Å². The Bertz CT molecular complexity index is 658. The Kier molecular flexibility index (Phi) is 11.3. The molecule has 27 heavy (non-hydrogen) atoms. The maximum atomic E-state index is 8.82. The summed E-state index contributed by atoms with van der Waals surface area (Å²) in [6.07, 6.45) is 7.78. The maximum absolute atomic E-state index is 8.82. The minimum Gasteiger partial charge on any atom is -0.493 e. The average Bonchev–Trinajstić information content (AvgIpc) is 3.19. The van der Waals surface area contributed by atoms with Crippen LogP contribution in [0.4, 0.5) is 0 Å². The number of likely N-dealkylation sites (tertiary alicyclic amines) is 1. The van der Waals surface area contributed by atoms with E-state index in [0.29, 0.717) is 11.5 Å². The van der Waals surface area contributed by atoms with Gasteiger partial charge in [0.05, 0.1) is 12.7 Å². The lowest BCUT2D eigenvalue weighted by Gasteiger charge is -2.16. The van der Waals surface area contributed by atoms with Gasteiger partial charge >= 0.3 is 0 Å². The van der Waals surface area contributed by atoms with Crippen molar-refractivity contribution in [3.63, 3.8) is 0 Å². The van der Waals surface area contributed by atoms with Gasteiger partial charge in [0.2, 0.25) is 0 Å². The predicted molar refractivity (Wildman–Crippen MR) is 117 cm³/mol. The van der Waals surface area contributed by atoms with Gasteiger partial charge in [0.25, 0.3) is 0 Å². The van der Waals surface area contributed by atoms with Crippen molar-refractivity contribution in [2.24, 2.45) is 5.92 Å². The summed E-state index contributed by atoms with van der Waals surface area (Å²) >= 11 is 1.74. The van der Waals surface area contributed by atoms with Crippen molar-refractivity contribution in [3.8, 4) is 11.8 Å². The fraction of sp³-hybridized carbons (Fsp3) is 0.435. The summed E-state index contributed by atoms with van der Waals surface area (Å²) in [4.78, 5) is 3.71. The van der Waals surface area contributed by atoms with Gasteiger partial charge in [-0.15, -0.1) is 11.8 Å². The molecule has 1 atom stereocenters. The first-order valence-electron chi connectivity index (χ1n) is 9.55. The molecule has 0 spiro atoms. The van der Waals surface area contributed by atoms with E-state index in [1.54, 1.807) is 11.8 Å². The largest absolute Gasteiger partial charge is 0.493 e. The van der Waals surface area contributed by atoms with Crippen LogP contribution in [0.25, 0.3) is 0 Å². The number of hydrogen-bond acceptors (Lipinski definition) is 4. The van der Waals surface area contributed by atoms with E-state index in [9.17, 15) is 0 Å². The van der Waals surface area contributed by atoms with Crippen molar-refractivity contribution >= 4 is 11.8 Å². The number of nitrogens with zero attached hydrogens (tertiary/aromatic N) is 2. The first-order chi connectivity index (χ1) is 13.1. The minimum absolute atomic E-state index is 0.482. The number of ether oxygens (including phenoxy) is 1. The van der Waals surface area contributed by atoms with Crippen LogP contribution in [-0.2, 0) is 0 Å². The van der Waals surface area contributed by atoms with Crippen molar-refractivity contribution in [2.45, 2.75) is 31.6 Å². The summed E-state index contributed by atoms with van der Waals surface area (Å²) in [6, 6.07) is 10.3. The fourth-order valence-electron chi connectivity index (χ4n) is 2.91. The molecule has 1 aliphatic heterocycles. The van der Waals surface area contributed by atoms with Crippen LogP contribution in [-0.4, -0.2) is 37.4 Å². The van der Waals surface area contributed by atoms with Crippen molar-refractivity contribution < 1.29 is 4.74 Å². The van der Waals surface area contributed by atoms with Crippen molar-refractivity contribution in [2.75, 3.05) is 32.5 Å². The summed E-state index contributed by atoms with van der Waals surface area (Å²) in [6.45, 7) is 15.4.